The average Bonchev–Trinajstić information content (AvgIpc) is 2.89. The van der Waals surface area contributed by atoms with Gasteiger partial charge < -0.3 is 5.32 Å². The molecule has 0 saturated carbocycles. The number of nitrogens with one attached hydrogen (secondary N) is 1. The lowest BCUT2D eigenvalue weighted by atomic mass is 10.1. The number of anilines is 1. The largest absolute Gasteiger partial charge is 0.319 e. The Labute approximate surface area is 149 Å². The van der Waals surface area contributed by atoms with E-state index in [2.05, 4.69) is 10.3 Å². The lowest BCUT2D eigenvalue weighted by Crippen LogP contribution is -2.24. The van der Waals surface area contributed by atoms with Gasteiger partial charge in [-0.25, -0.2) is 9.37 Å². The van der Waals surface area contributed by atoms with Crippen molar-refractivity contribution in [1.82, 2.24) is 9.55 Å². The van der Waals surface area contributed by atoms with Gasteiger partial charge in [-0.2, -0.15) is 0 Å². The number of benzene rings is 2. The van der Waals surface area contributed by atoms with Gasteiger partial charge in [-0.15, -0.1) is 0 Å². The molecule has 0 saturated heterocycles. The molecular formula is C20H18FN3O2. The van der Waals surface area contributed by atoms with Gasteiger partial charge in [0.1, 0.15) is 11.6 Å². The highest BCUT2D eigenvalue weighted by Gasteiger charge is 2.16. The molecule has 1 aliphatic heterocycles. The molecule has 2 heterocycles. The van der Waals surface area contributed by atoms with Gasteiger partial charge in [-0.05, 0) is 43.2 Å². The van der Waals surface area contributed by atoms with Crippen LogP contribution in [0.25, 0.3) is 10.9 Å². The average molecular weight is 351 g/mol. The zero-order chi connectivity index (χ0) is 18.1. The van der Waals surface area contributed by atoms with Gasteiger partial charge in [-0.3, -0.25) is 14.2 Å². The van der Waals surface area contributed by atoms with Crippen molar-refractivity contribution in [3.8, 4) is 0 Å². The maximum absolute atomic E-state index is 13.7. The summed E-state index contributed by atoms with van der Waals surface area (Å²) in [6.45, 7) is 0.687. The first kappa shape index (κ1) is 16.4. The molecule has 1 amide bonds. The van der Waals surface area contributed by atoms with Crippen molar-refractivity contribution in [2.24, 2.45) is 0 Å². The number of halogens is 1. The van der Waals surface area contributed by atoms with Crippen LogP contribution in [0.5, 0.6) is 0 Å². The van der Waals surface area contributed by atoms with E-state index in [1.165, 1.54) is 12.1 Å². The molecule has 1 N–H and O–H groups in total. The fourth-order valence-electron chi connectivity index (χ4n) is 3.32. The first-order chi connectivity index (χ1) is 12.6. The van der Waals surface area contributed by atoms with Gasteiger partial charge in [0.2, 0.25) is 0 Å². The van der Waals surface area contributed by atoms with E-state index in [1.807, 2.05) is 0 Å². The summed E-state index contributed by atoms with van der Waals surface area (Å²) in [6.07, 6.45) is 3.82. The van der Waals surface area contributed by atoms with E-state index in [1.54, 1.807) is 34.9 Å². The Balaban J connectivity index is 1.72. The summed E-state index contributed by atoms with van der Waals surface area (Å²) in [5, 5.41) is 3.05. The monoisotopic (exact) mass is 351 g/mol. The Morgan fingerprint density at radius 3 is 2.81 bits per heavy atom. The fraction of sp³-hybridized carbons (Fsp3) is 0.250. The second-order valence-electron chi connectivity index (χ2n) is 6.46. The van der Waals surface area contributed by atoms with Crippen molar-refractivity contribution in [1.29, 1.82) is 0 Å². The Bertz CT molecular complexity index is 1060. The number of carbonyl (C=O) groups is 1. The lowest BCUT2D eigenvalue weighted by Gasteiger charge is -2.11. The minimum Gasteiger partial charge on any atom is -0.319 e. The van der Waals surface area contributed by atoms with Crippen molar-refractivity contribution in [2.45, 2.75) is 32.2 Å². The molecule has 0 unspecified atom stereocenters. The maximum atomic E-state index is 13.7. The molecule has 4 rings (SSSR count). The van der Waals surface area contributed by atoms with E-state index in [-0.39, 0.29) is 11.2 Å². The van der Waals surface area contributed by atoms with E-state index >= 15 is 0 Å². The second kappa shape index (κ2) is 6.71. The molecule has 0 fully saturated rings. The molecule has 0 atom stereocenters. The number of nitrogens with zero attached hydrogens (tertiary/aromatic N) is 2. The third kappa shape index (κ3) is 2.98. The van der Waals surface area contributed by atoms with Crippen LogP contribution in [0.1, 0.15) is 35.4 Å². The zero-order valence-electron chi connectivity index (χ0n) is 14.2. The van der Waals surface area contributed by atoms with Crippen molar-refractivity contribution in [2.75, 3.05) is 5.32 Å². The van der Waals surface area contributed by atoms with Crippen molar-refractivity contribution in [3.63, 3.8) is 0 Å². The predicted molar refractivity (Wildman–Crippen MR) is 97.9 cm³/mol. The van der Waals surface area contributed by atoms with Crippen molar-refractivity contribution < 1.29 is 9.18 Å². The van der Waals surface area contributed by atoms with Gasteiger partial charge >= 0.3 is 0 Å². The third-order valence-electron chi connectivity index (χ3n) is 4.70. The molecular weight excluding hydrogens is 333 g/mol. The molecule has 2 aromatic carbocycles. The van der Waals surface area contributed by atoms with Crippen LogP contribution in [-0.2, 0) is 13.0 Å². The molecule has 0 aliphatic carbocycles. The third-order valence-corrected chi connectivity index (χ3v) is 4.70. The summed E-state index contributed by atoms with van der Waals surface area (Å²) in [5.41, 5.74) is 0.899. The van der Waals surface area contributed by atoms with Gasteiger partial charge in [0.15, 0.2) is 0 Å². The van der Waals surface area contributed by atoms with Crippen molar-refractivity contribution in [3.05, 3.63) is 70.0 Å². The summed E-state index contributed by atoms with van der Waals surface area (Å²) in [7, 11) is 0. The van der Waals surface area contributed by atoms with Gasteiger partial charge in [0.25, 0.3) is 11.5 Å². The van der Waals surface area contributed by atoms with Crippen molar-refractivity contribution >= 4 is 22.5 Å². The minimum atomic E-state index is -0.497. The molecule has 0 spiro atoms. The Morgan fingerprint density at radius 2 is 1.96 bits per heavy atom. The molecule has 5 nitrogen and oxygen atoms in total. The lowest BCUT2D eigenvalue weighted by molar-refractivity contribution is 0.102. The highest BCUT2D eigenvalue weighted by atomic mass is 19.1. The topological polar surface area (TPSA) is 64.0 Å². The minimum absolute atomic E-state index is 0.0621. The van der Waals surface area contributed by atoms with Gasteiger partial charge in [0, 0.05) is 18.5 Å². The number of hydrogen-bond donors (Lipinski definition) is 1. The molecule has 0 bridgehead atoms. The molecule has 1 aromatic heterocycles. The number of aromatic nitrogens is 2. The number of fused-ring (bicyclic) bond motifs is 2. The number of carbonyl (C=O) groups excluding carboxylic acids is 1. The summed E-state index contributed by atoms with van der Waals surface area (Å²) in [6, 6.07) is 10.8. The highest BCUT2D eigenvalue weighted by Crippen LogP contribution is 2.18. The van der Waals surface area contributed by atoms with Crippen LogP contribution in [0.4, 0.5) is 10.1 Å². The molecule has 6 heteroatoms. The fourth-order valence-corrected chi connectivity index (χ4v) is 3.32. The van der Waals surface area contributed by atoms with Gasteiger partial charge in [-0.1, -0.05) is 18.6 Å². The molecule has 3 aromatic rings. The SMILES string of the molecule is O=C(Nc1ccccc1F)c1ccc2c(=O)n3c(nc2c1)CCCCC3. The van der Waals surface area contributed by atoms with Crippen LogP contribution in [0.2, 0.25) is 0 Å². The molecule has 132 valence electrons. The smallest absolute Gasteiger partial charge is 0.261 e. The Morgan fingerprint density at radius 1 is 1.12 bits per heavy atom. The first-order valence-corrected chi connectivity index (χ1v) is 8.73. The van der Waals surface area contributed by atoms with Crippen LogP contribution in [-0.4, -0.2) is 15.5 Å². The van der Waals surface area contributed by atoms with E-state index < -0.39 is 11.7 Å². The van der Waals surface area contributed by atoms with E-state index in [4.69, 9.17) is 0 Å². The summed E-state index contributed by atoms with van der Waals surface area (Å²) in [4.78, 5) is 29.8. The first-order valence-electron chi connectivity index (χ1n) is 8.73. The quantitative estimate of drug-likeness (QED) is 0.768. The second-order valence-corrected chi connectivity index (χ2v) is 6.46. The number of rotatable bonds is 2. The number of para-hydroxylation sites is 1. The molecule has 1 aliphatic rings. The number of amides is 1. The summed E-state index contributed by atoms with van der Waals surface area (Å²) >= 11 is 0. The van der Waals surface area contributed by atoms with Crippen LogP contribution < -0.4 is 10.9 Å². The van der Waals surface area contributed by atoms with Crippen LogP contribution in [0.3, 0.4) is 0 Å². The standard InChI is InChI=1S/C20H18FN3O2/c21-15-6-3-4-7-16(15)23-19(25)13-9-10-14-17(12-13)22-18-8-2-1-5-11-24(18)20(14)26/h3-4,6-7,9-10,12H,1-2,5,8,11H2,(H,23,25). The number of aryl methyl sites for hydroxylation is 1. The normalized spacial score (nSPS) is 13.9. The van der Waals surface area contributed by atoms with Crippen LogP contribution in [0, 0.1) is 5.82 Å². The Kier molecular flexibility index (Phi) is 4.24. The van der Waals surface area contributed by atoms with Crippen LogP contribution >= 0.6 is 0 Å². The zero-order valence-corrected chi connectivity index (χ0v) is 14.2. The van der Waals surface area contributed by atoms with E-state index in [0.717, 1.165) is 31.5 Å². The summed E-state index contributed by atoms with van der Waals surface area (Å²) in [5.74, 6) is -0.163. The maximum Gasteiger partial charge on any atom is 0.261 e. The summed E-state index contributed by atoms with van der Waals surface area (Å²) < 4.78 is 15.5. The molecule has 26 heavy (non-hydrogen) atoms. The van der Waals surface area contributed by atoms with E-state index in [0.29, 0.717) is 23.0 Å². The highest BCUT2D eigenvalue weighted by molar-refractivity contribution is 6.06. The van der Waals surface area contributed by atoms with E-state index in [9.17, 15) is 14.0 Å². The number of hydrogen-bond acceptors (Lipinski definition) is 3. The Hall–Kier alpha value is -3.02. The predicted octanol–water partition coefficient (Wildman–Crippen LogP) is 3.51. The van der Waals surface area contributed by atoms with Gasteiger partial charge in [0.05, 0.1) is 16.6 Å². The molecule has 0 radical (unpaired) electrons. The van der Waals surface area contributed by atoms with Crippen LogP contribution in [0.15, 0.2) is 47.3 Å².